The van der Waals surface area contributed by atoms with Crippen molar-refractivity contribution in [1.29, 1.82) is 0 Å². The highest BCUT2D eigenvalue weighted by atomic mass is 32.2. The third kappa shape index (κ3) is 3.62. The minimum Gasteiger partial charge on any atom is -0.493 e. The fraction of sp³-hybridized carbons (Fsp3) is 0.526. The van der Waals surface area contributed by atoms with Gasteiger partial charge in [0.2, 0.25) is 0 Å². The van der Waals surface area contributed by atoms with E-state index in [0.29, 0.717) is 0 Å². The van der Waals surface area contributed by atoms with Crippen LogP contribution in [0.3, 0.4) is 0 Å². The quantitative estimate of drug-likeness (QED) is 0.649. The van der Waals surface area contributed by atoms with Crippen LogP contribution in [0.4, 0.5) is 4.79 Å². The lowest BCUT2D eigenvalue weighted by atomic mass is 9.82. The molecule has 2 saturated heterocycles. The summed E-state index contributed by atoms with van der Waals surface area (Å²) in [4.78, 5) is 11.6. The normalized spacial score (nSPS) is 34.4. The summed E-state index contributed by atoms with van der Waals surface area (Å²) in [6.45, 7) is 2.98. The molecule has 4 unspecified atom stereocenters. The smallest absolute Gasteiger partial charge is 0.281 e. The molecule has 5 heteroatoms. The second kappa shape index (κ2) is 6.45. The first-order valence-electron chi connectivity index (χ1n) is 8.63. The molecule has 4 atom stereocenters. The summed E-state index contributed by atoms with van der Waals surface area (Å²) >= 11 is 1.35. The van der Waals surface area contributed by atoms with Gasteiger partial charge < -0.3 is 14.8 Å². The van der Waals surface area contributed by atoms with Crippen molar-refractivity contribution >= 4 is 17.0 Å². The number of hydrogen-bond acceptors (Lipinski definition) is 4. The van der Waals surface area contributed by atoms with Gasteiger partial charge in [-0.25, -0.2) is 0 Å². The summed E-state index contributed by atoms with van der Waals surface area (Å²) in [7, 11) is 0. The molecule has 24 heavy (non-hydrogen) atoms. The van der Waals surface area contributed by atoms with E-state index in [0.717, 1.165) is 18.8 Å². The fourth-order valence-corrected chi connectivity index (χ4v) is 4.51. The van der Waals surface area contributed by atoms with E-state index >= 15 is 0 Å². The Hall–Kier alpha value is -1.46. The summed E-state index contributed by atoms with van der Waals surface area (Å²) in [5.41, 5.74) is 1.37. The van der Waals surface area contributed by atoms with Crippen molar-refractivity contribution in [1.82, 2.24) is 5.32 Å². The van der Waals surface area contributed by atoms with E-state index in [9.17, 15) is 4.79 Å². The maximum atomic E-state index is 11.6. The van der Waals surface area contributed by atoms with Gasteiger partial charge in [-0.15, -0.1) is 0 Å². The lowest BCUT2D eigenvalue weighted by Crippen LogP contribution is -2.35. The van der Waals surface area contributed by atoms with E-state index in [-0.39, 0.29) is 28.2 Å². The Morgan fingerprint density at radius 3 is 2.96 bits per heavy atom. The van der Waals surface area contributed by atoms with Gasteiger partial charge in [0.15, 0.2) is 6.23 Å². The Morgan fingerprint density at radius 2 is 2.21 bits per heavy atom. The van der Waals surface area contributed by atoms with Crippen LogP contribution in [0.1, 0.15) is 31.7 Å². The molecule has 3 aliphatic rings. The maximum Gasteiger partial charge on any atom is 0.281 e. The van der Waals surface area contributed by atoms with Crippen LogP contribution < -0.4 is 10.1 Å². The first kappa shape index (κ1) is 16.0. The second-order valence-electron chi connectivity index (χ2n) is 7.19. The van der Waals surface area contributed by atoms with Crippen LogP contribution >= 0.6 is 11.8 Å². The number of benzene rings is 1. The monoisotopic (exact) mass is 345 g/mol. The summed E-state index contributed by atoms with van der Waals surface area (Å²) < 4.78 is 11.5. The van der Waals surface area contributed by atoms with E-state index < -0.39 is 0 Å². The van der Waals surface area contributed by atoms with Crippen LogP contribution in [0.15, 0.2) is 36.4 Å². The Balaban J connectivity index is 1.32. The Bertz CT molecular complexity index is 645. The third-order valence-corrected chi connectivity index (χ3v) is 6.05. The van der Waals surface area contributed by atoms with E-state index in [1.54, 1.807) is 0 Å². The summed E-state index contributed by atoms with van der Waals surface area (Å²) in [6, 6.07) is 8.26. The van der Waals surface area contributed by atoms with Gasteiger partial charge in [0.05, 0.1) is 6.61 Å². The molecule has 4 rings (SSSR count). The number of fused-ring (bicyclic) bond motifs is 1. The minimum absolute atomic E-state index is 0.0208. The van der Waals surface area contributed by atoms with Gasteiger partial charge in [-0.1, -0.05) is 43.0 Å². The van der Waals surface area contributed by atoms with Crippen LogP contribution in [-0.4, -0.2) is 29.4 Å². The predicted octanol–water partition coefficient (Wildman–Crippen LogP) is 3.90. The zero-order chi connectivity index (χ0) is 16.6. The minimum atomic E-state index is -0.0596. The Labute approximate surface area is 147 Å². The van der Waals surface area contributed by atoms with E-state index in [2.05, 4.69) is 36.5 Å². The average Bonchev–Trinajstić information content (AvgIpc) is 3.34. The number of rotatable bonds is 5. The SMILES string of the molecule is CC1(COc2ccc(CC3SC(=O)NC4OC43)cc2)C=CCCC1. The van der Waals surface area contributed by atoms with E-state index in [4.69, 9.17) is 9.47 Å². The molecule has 0 radical (unpaired) electrons. The molecule has 0 aromatic heterocycles. The highest BCUT2D eigenvalue weighted by Crippen LogP contribution is 2.38. The molecule has 0 saturated carbocycles. The van der Waals surface area contributed by atoms with Gasteiger partial charge in [-0.2, -0.15) is 0 Å². The average molecular weight is 345 g/mol. The van der Waals surface area contributed by atoms with E-state index in [1.807, 2.05) is 12.1 Å². The largest absolute Gasteiger partial charge is 0.493 e. The molecule has 4 nitrogen and oxygen atoms in total. The predicted molar refractivity (Wildman–Crippen MR) is 95.3 cm³/mol. The third-order valence-electron chi connectivity index (χ3n) is 4.98. The zero-order valence-corrected chi connectivity index (χ0v) is 14.7. The molecule has 2 aliphatic heterocycles. The zero-order valence-electron chi connectivity index (χ0n) is 13.9. The number of amides is 1. The summed E-state index contributed by atoms with van der Waals surface area (Å²) in [5, 5.41) is 3.04. The standard InChI is InChI=1S/C19H23NO3S/c1-19(9-3-2-4-10-19)12-22-14-7-5-13(6-8-14)11-15-16-17(23-16)20-18(21)24-15/h3,5-9,15-17H,2,4,10-12H2,1H3,(H,20,21). The van der Waals surface area contributed by atoms with Crippen molar-refractivity contribution in [2.75, 3.05) is 6.61 Å². The number of allylic oxidation sites excluding steroid dienone is 1. The number of ether oxygens (including phenoxy) is 2. The van der Waals surface area contributed by atoms with Crippen LogP contribution in [0.5, 0.6) is 5.75 Å². The molecule has 0 spiro atoms. The Kier molecular flexibility index (Phi) is 4.31. The van der Waals surface area contributed by atoms with Crippen molar-refractivity contribution in [3.63, 3.8) is 0 Å². The van der Waals surface area contributed by atoms with E-state index in [1.165, 1.54) is 36.6 Å². The molecular weight excluding hydrogens is 322 g/mol. The molecule has 1 amide bonds. The molecular formula is C19H23NO3S. The maximum absolute atomic E-state index is 11.6. The van der Waals surface area contributed by atoms with Crippen molar-refractivity contribution < 1.29 is 14.3 Å². The highest BCUT2D eigenvalue weighted by Gasteiger charge is 2.50. The van der Waals surface area contributed by atoms with Crippen LogP contribution in [0.25, 0.3) is 0 Å². The number of hydrogen-bond donors (Lipinski definition) is 1. The molecule has 1 aliphatic carbocycles. The number of carbonyl (C=O) groups excluding carboxylic acids is 1. The van der Waals surface area contributed by atoms with Crippen molar-refractivity contribution in [2.24, 2.45) is 5.41 Å². The number of nitrogens with one attached hydrogen (secondary N) is 1. The molecule has 1 N–H and O–H groups in total. The second-order valence-corrected chi connectivity index (χ2v) is 8.41. The number of carbonyl (C=O) groups is 1. The molecule has 2 heterocycles. The van der Waals surface area contributed by atoms with Crippen LogP contribution in [0.2, 0.25) is 0 Å². The highest BCUT2D eigenvalue weighted by molar-refractivity contribution is 8.14. The Morgan fingerprint density at radius 1 is 1.38 bits per heavy atom. The van der Waals surface area contributed by atoms with Gasteiger partial charge in [0.25, 0.3) is 5.24 Å². The van der Waals surface area contributed by atoms with Crippen LogP contribution in [-0.2, 0) is 11.2 Å². The van der Waals surface area contributed by atoms with Gasteiger partial charge in [0, 0.05) is 10.7 Å². The van der Waals surface area contributed by atoms with Crippen LogP contribution in [0, 0.1) is 5.41 Å². The first-order valence-corrected chi connectivity index (χ1v) is 9.51. The van der Waals surface area contributed by atoms with Gasteiger partial charge >= 0.3 is 0 Å². The molecule has 0 bridgehead atoms. The van der Waals surface area contributed by atoms with Gasteiger partial charge in [0.1, 0.15) is 11.9 Å². The van der Waals surface area contributed by atoms with Gasteiger partial charge in [-0.05, 0) is 43.4 Å². The lowest BCUT2D eigenvalue weighted by molar-refractivity contribution is 0.188. The van der Waals surface area contributed by atoms with Crippen molar-refractivity contribution in [2.45, 2.75) is 50.2 Å². The molecule has 2 fully saturated rings. The topological polar surface area (TPSA) is 50.9 Å². The van der Waals surface area contributed by atoms with Gasteiger partial charge in [-0.3, -0.25) is 4.79 Å². The number of epoxide rings is 1. The van der Waals surface area contributed by atoms with Crippen molar-refractivity contribution in [3.05, 3.63) is 42.0 Å². The number of thioether (sulfide) groups is 1. The summed E-state index contributed by atoms with van der Waals surface area (Å²) in [6.07, 6.45) is 9.13. The fourth-order valence-electron chi connectivity index (χ4n) is 3.43. The van der Waals surface area contributed by atoms with Crippen molar-refractivity contribution in [3.8, 4) is 5.75 Å². The first-order chi connectivity index (χ1) is 11.6. The molecule has 128 valence electrons. The molecule has 1 aromatic carbocycles. The summed E-state index contributed by atoms with van der Waals surface area (Å²) in [5.74, 6) is 0.911. The lowest BCUT2D eigenvalue weighted by Gasteiger charge is -2.28. The molecule has 1 aromatic rings.